The second-order valence-corrected chi connectivity index (χ2v) is 6.70. The first-order valence-electron chi connectivity index (χ1n) is 6.62. The number of hydrogen-bond donors (Lipinski definition) is 0. The Morgan fingerprint density at radius 2 is 1.81 bits per heavy atom. The maximum atomic E-state index is 12.8. The van der Waals surface area contributed by atoms with Crippen molar-refractivity contribution in [3.05, 3.63) is 59.9 Å². The molecule has 2 rings (SSSR count). The van der Waals surface area contributed by atoms with Crippen LogP contribution in [0.15, 0.2) is 53.7 Å². The van der Waals surface area contributed by atoms with E-state index in [1.54, 1.807) is 36.7 Å². The summed E-state index contributed by atoms with van der Waals surface area (Å²) in [5.41, 5.74) is 1.52. The number of sulfonamides is 1. The predicted octanol–water partition coefficient (Wildman–Crippen LogP) is 3.03. The van der Waals surface area contributed by atoms with Gasteiger partial charge < -0.3 is 0 Å². The van der Waals surface area contributed by atoms with Gasteiger partial charge in [-0.15, -0.1) is 11.6 Å². The molecule has 0 aliphatic rings. The van der Waals surface area contributed by atoms with Gasteiger partial charge in [-0.2, -0.15) is 4.31 Å². The number of benzene rings is 1. The molecule has 21 heavy (non-hydrogen) atoms. The molecular formula is C15H17ClN2O2S. The number of aromatic nitrogens is 1. The van der Waals surface area contributed by atoms with Crippen LogP contribution in [0.2, 0.25) is 0 Å². The van der Waals surface area contributed by atoms with Gasteiger partial charge in [-0.1, -0.05) is 25.1 Å². The summed E-state index contributed by atoms with van der Waals surface area (Å²) in [5, 5.41) is 0. The maximum Gasteiger partial charge on any atom is 0.243 e. The minimum absolute atomic E-state index is 0.169. The molecule has 0 fully saturated rings. The van der Waals surface area contributed by atoms with Crippen molar-refractivity contribution < 1.29 is 8.42 Å². The van der Waals surface area contributed by atoms with Crippen LogP contribution in [0.1, 0.15) is 18.1 Å². The van der Waals surface area contributed by atoms with E-state index in [2.05, 4.69) is 4.98 Å². The number of hydrogen-bond acceptors (Lipinski definition) is 3. The fourth-order valence-electron chi connectivity index (χ4n) is 2.06. The summed E-state index contributed by atoms with van der Waals surface area (Å²) in [6.07, 6.45) is 3.31. The van der Waals surface area contributed by atoms with Crippen LogP contribution in [0.3, 0.4) is 0 Å². The molecule has 112 valence electrons. The first-order valence-corrected chi connectivity index (χ1v) is 8.60. The summed E-state index contributed by atoms with van der Waals surface area (Å²) in [7, 11) is -3.56. The van der Waals surface area contributed by atoms with E-state index in [0.717, 1.165) is 5.56 Å². The van der Waals surface area contributed by atoms with Crippen LogP contribution < -0.4 is 0 Å². The number of pyridine rings is 1. The third kappa shape index (κ3) is 3.61. The van der Waals surface area contributed by atoms with Crippen molar-refractivity contribution in [1.29, 1.82) is 0 Å². The molecular weight excluding hydrogens is 308 g/mol. The van der Waals surface area contributed by atoms with Gasteiger partial charge in [-0.25, -0.2) is 8.42 Å². The molecule has 0 unspecified atom stereocenters. The SMILES string of the molecule is CCN(Cc1ccncc1)S(=O)(=O)c1ccccc1CCl. The fourth-order valence-corrected chi connectivity index (χ4v) is 4.04. The molecule has 0 atom stereocenters. The van der Waals surface area contributed by atoms with Gasteiger partial charge in [0.15, 0.2) is 0 Å². The summed E-state index contributed by atoms with van der Waals surface area (Å²) in [6.45, 7) is 2.53. The van der Waals surface area contributed by atoms with Crippen LogP contribution in [-0.2, 0) is 22.4 Å². The van der Waals surface area contributed by atoms with Crippen molar-refractivity contribution in [2.75, 3.05) is 6.54 Å². The van der Waals surface area contributed by atoms with Gasteiger partial charge in [-0.3, -0.25) is 4.98 Å². The molecule has 0 radical (unpaired) electrons. The lowest BCUT2D eigenvalue weighted by Crippen LogP contribution is -2.31. The van der Waals surface area contributed by atoms with E-state index in [-0.39, 0.29) is 10.8 Å². The van der Waals surface area contributed by atoms with Gasteiger partial charge in [0.25, 0.3) is 0 Å². The summed E-state index contributed by atoms with van der Waals surface area (Å²) in [6, 6.07) is 10.5. The van der Waals surface area contributed by atoms with Crippen molar-refractivity contribution in [3.63, 3.8) is 0 Å². The van der Waals surface area contributed by atoms with Crippen molar-refractivity contribution in [1.82, 2.24) is 9.29 Å². The molecule has 0 aliphatic heterocycles. The monoisotopic (exact) mass is 324 g/mol. The number of alkyl halides is 1. The third-order valence-electron chi connectivity index (χ3n) is 3.20. The third-order valence-corrected chi connectivity index (χ3v) is 5.50. The Labute approximate surface area is 130 Å². The van der Waals surface area contributed by atoms with E-state index in [1.807, 2.05) is 19.1 Å². The molecule has 6 heteroatoms. The molecule has 0 N–H and O–H groups in total. The van der Waals surface area contributed by atoms with Crippen LogP contribution in [-0.4, -0.2) is 24.3 Å². The van der Waals surface area contributed by atoms with Gasteiger partial charge in [0.05, 0.1) is 4.90 Å². The second kappa shape index (κ2) is 7.02. The van der Waals surface area contributed by atoms with Gasteiger partial charge in [0, 0.05) is 31.4 Å². The number of halogens is 1. The average molecular weight is 325 g/mol. The smallest absolute Gasteiger partial charge is 0.243 e. The Morgan fingerprint density at radius 1 is 1.14 bits per heavy atom. The average Bonchev–Trinajstić information content (AvgIpc) is 2.53. The van der Waals surface area contributed by atoms with Gasteiger partial charge in [0.2, 0.25) is 10.0 Å². The molecule has 0 saturated heterocycles. The lowest BCUT2D eigenvalue weighted by molar-refractivity contribution is 0.423. The normalized spacial score (nSPS) is 11.8. The molecule has 0 amide bonds. The molecule has 0 saturated carbocycles. The van der Waals surface area contributed by atoms with E-state index in [9.17, 15) is 8.42 Å². The van der Waals surface area contributed by atoms with Crippen LogP contribution >= 0.6 is 11.6 Å². The summed E-state index contributed by atoms with van der Waals surface area (Å²) >= 11 is 5.85. The van der Waals surface area contributed by atoms with Gasteiger partial charge in [0.1, 0.15) is 0 Å². The largest absolute Gasteiger partial charge is 0.265 e. The minimum Gasteiger partial charge on any atom is -0.265 e. The quantitative estimate of drug-likeness (QED) is 0.767. The highest BCUT2D eigenvalue weighted by Gasteiger charge is 2.25. The summed E-state index contributed by atoms with van der Waals surface area (Å²) < 4.78 is 27.0. The minimum atomic E-state index is -3.56. The summed E-state index contributed by atoms with van der Waals surface area (Å²) in [5.74, 6) is 0.169. The Morgan fingerprint density at radius 3 is 2.43 bits per heavy atom. The lowest BCUT2D eigenvalue weighted by Gasteiger charge is -2.21. The molecule has 0 bridgehead atoms. The highest BCUT2D eigenvalue weighted by Crippen LogP contribution is 2.23. The first-order chi connectivity index (χ1) is 10.1. The zero-order chi connectivity index (χ0) is 15.3. The van der Waals surface area contributed by atoms with Crippen LogP contribution in [0.25, 0.3) is 0 Å². The first kappa shape index (κ1) is 15.9. The van der Waals surface area contributed by atoms with Crippen molar-refractivity contribution in [3.8, 4) is 0 Å². The van der Waals surface area contributed by atoms with Crippen LogP contribution in [0.5, 0.6) is 0 Å². The summed E-state index contributed by atoms with van der Waals surface area (Å²) in [4.78, 5) is 4.21. The number of nitrogens with zero attached hydrogens (tertiary/aromatic N) is 2. The van der Waals surface area contributed by atoms with E-state index < -0.39 is 10.0 Å². The van der Waals surface area contributed by atoms with Gasteiger partial charge in [-0.05, 0) is 29.3 Å². The fraction of sp³-hybridized carbons (Fsp3) is 0.267. The van der Waals surface area contributed by atoms with Crippen molar-refractivity contribution >= 4 is 21.6 Å². The number of rotatable bonds is 6. The second-order valence-electron chi connectivity index (χ2n) is 4.53. The molecule has 0 spiro atoms. The van der Waals surface area contributed by atoms with Crippen LogP contribution in [0.4, 0.5) is 0 Å². The Balaban J connectivity index is 2.36. The molecule has 1 aromatic carbocycles. The lowest BCUT2D eigenvalue weighted by atomic mass is 10.2. The zero-order valence-corrected chi connectivity index (χ0v) is 13.3. The van der Waals surface area contributed by atoms with E-state index in [4.69, 9.17) is 11.6 Å². The standard InChI is InChI=1S/C15H17ClN2O2S/c1-2-18(12-13-7-9-17-10-8-13)21(19,20)15-6-4-3-5-14(15)11-16/h3-10H,2,11-12H2,1H3. The molecule has 1 aromatic heterocycles. The Hall–Kier alpha value is -1.43. The maximum absolute atomic E-state index is 12.8. The molecule has 0 aliphatic carbocycles. The van der Waals surface area contributed by atoms with E-state index >= 15 is 0 Å². The molecule has 1 heterocycles. The highest BCUT2D eigenvalue weighted by atomic mass is 35.5. The Bertz CT molecular complexity index is 690. The van der Waals surface area contributed by atoms with Crippen LogP contribution in [0, 0.1) is 0 Å². The zero-order valence-electron chi connectivity index (χ0n) is 11.7. The van der Waals surface area contributed by atoms with E-state index in [0.29, 0.717) is 18.7 Å². The van der Waals surface area contributed by atoms with Crippen molar-refractivity contribution in [2.45, 2.75) is 24.2 Å². The molecule has 4 nitrogen and oxygen atoms in total. The van der Waals surface area contributed by atoms with Crippen molar-refractivity contribution in [2.24, 2.45) is 0 Å². The van der Waals surface area contributed by atoms with E-state index in [1.165, 1.54) is 4.31 Å². The topological polar surface area (TPSA) is 50.3 Å². The predicted molar refractivity (Wildman–Crippen MR) is 83.5 cm³/mol. The Kier molecular flexibility index (Phi) is 5.33. The highest BCUT2D eigenvalue weighted by molar-refractivity contribution is 7.89. The van der Waals surface area contributed by atoms with Gasteiger partial charge >= 0.3 is 0 Å². The molecule has 2 aromatic rings.